The monoisotopic (exact) mass is 447 g/mol. The summed E-state index contributed by atoms with van der Waals surface area (Å²) in [6.45, 7) is 4.21. The Morgan fingerprint density at radius 1 is 1.26 bits per heavy atom. The largest absolute Gasteiger partial charge is 0.480 e. The summed E-state index contributed by atoms with van der Waals surface area (Å²) < 4.78 is 31.8. The highest BCUT2D eigenvalue weighted by Gasteiger charge is 2.39. The third kappa shape index (κ3) is 7.62. The van der Waals surface area contributed by atoms with E-state index in [9.17, 15) is 33.1 Å². The second-order valence-electron chi connectivity index (χ2n) is 8.64. The summed E-state index contributed by atoms with van der Waals surface area (Å²) in [6.07, 6.45) is -1.94. The average Bonchev–Trinajstić information content (AvgIpc) is 3.08. The fourth-order valence-electron chi connectivity index (χ4n) is 3.71. The van der Waals surface area contributed by atoms with Crippen LogP contribution in [-0.2, 0) is 19.1 Å². The van der Waals surface area contributed by atoms with Crippen LogP contribution in [-0.4, -0.2) is 58.6 Å². The normalized spacial score (nSPS) is 22.0. The van der Waals surface area contributed by atoms with Crippen molar-refractivity contribution in [2.45, 2.75) is 83.3 Å². The third-order valence-electron chi connectivity index (χ3n) is 5.62. The van der Waals surface area contributed by atoms with Crippen LogP contribution >= 0.6 is 0 Å². The number of carboxylic acid groups (broad SMARTS) is 1. The van der Waals surface area contributed by atoms with Gasteiger partial charge in [-0.05, 0) is 38.0 Å². The number of aliphatic carboxylic acids is 1. The minimum Gasteiger partial charge on any atom is -0.480 e. The Labute approximate surface area is 179 Å². The van der Waals surface area contributed by atoms with Gasteiger partial charge < -0.3 is 15.2 Å². The molecule has 2 fully saturated rings. The molecule has 2 atom stereocenters. The number of nitrogens with zero attached hydrogens (tertiary/aromatic N) is 1. The van der Waals surface area contributed by atoms with Crippen LogP contribution in [0.3, 0.4) is 0 Å². The maximum Gasteiger partial charge on any atom is 0.426 e. The molecule has 2 rings (SSSR count). The first-order chi connectivity index (χ1) is 14.5. The van der Waals surface area contributed by atoms with E-state index < -0.39 is 54.8 Å². The molecule has 1 aliphatic heterocycles. The number of halogens is 2. The van der Waals surface area contributed by atoms with Gasteiger partial charge in [-0.2, -0.15) is 0 Å². The Balaban J connectivity index is 2.08. The molecule has 2 unspecified atom stereocenters. The number of nitrogens with one attached hydrogen (secondary N) is 2. The van der Waals surface area contributed by atoms with Crippen molar-refractivity contribution in [1.82, 2.24) is 15.8 Å². The minimum absolute atomic E-state index is 0.00571. The standard InChI is InChI=1S/C20H31F2N3O6/c1-12(2)3-4-16(26)25(15(18(28)29)11-13-7-10-23-17(13)27)24-19(30)31-14-5-8-20(21,22)9-6-14/h12-15H,3-11H2,1-2H3,(H,23,27)(H,24,30)(H,28,29). The Morgan fingerprint density at radius 2 is 1.90 bits per heavy atom. The summed E-state index contributed by atoms with van der Waals surface area (Å²) in [5.41, 5.74) is 2.20. The van der Waals surface area contributed by atoms with Gasteiger partial charge in [0.2, 0.25) is 17.7 Å². The maximum atomic E-state index is 13.3. The first-order valence-corrected chi connectivity index (χ1v) is 10.7. The number of carbonyl (C=O) groups is 4. The van der Waals surface area contributed by atoms with Crippen LogP contribution in [0.1, 0.15) is 65.2 Å². The van der Waals surface area contributed by atoms with Crippen molar-refractivity contribution in [1.29, 1.82) is 0 Å². The van der Waals surface area contributed by atoms with Gasteiger partial charge in [-0.3, -0.25) is 9.59 Å². The van der Waals surface area contributed by atoms with Crippen molar-refractivity contribution in [3.63, 3.8) is 0 Å². The fourth-order valence-corrected chi connectivity index (χ4v) is 3.71. The predicted molar refractivity (Wildman–Crippen MR) is 105 cm³/mol. The van der Waals surface area contributed by atoms with Crippen molar-refractivity contribution in [3.8, 4) is 0 Å². The van der Waals surface area contributed by atoms with Gasteiger partial charge in [-0.25, -0.2) is 28.8 Å². The average molecular weight is 447 g/mol. The molecule has 1 saturated carbocycles. The molecule has 1 heterocycles. The summed E-state index contributed by atoms with van der Waals surface area (Å²) in [5, 5.41) is 13.0. The number of rotatable bonds is 8. The highest BCUT2D eigenvalue weighted by atomic mass is 19.3. The summed E-state index contributed by atoms with van der Waals surface area (Å²) >= 11 is 0. The molecule has 9 nitrogen and oxygen atoms in total. The number of carbonyl (C=O) groups excluding carboxylic acids is 3. The van der Waals surface area contributed by atoms with E-state index in [4.69, 9.17) is 4.74 Å². The zero-order valence-corrected chi connectivity index (χ0v) is 17.9. The quantitative estimate of drug-likeness (QED) is 0.491. The van der Waals surface area contributed by atoms with E-state index in [1.807, 2.05) is 13.8 Å². The van der Waals surface area contributed by atoms with Gasteiger partial charge >= 0.3 is 12.1 Å². The van der Waals surface area contributed by atoms with Crippen molar-refractivity contribution in [2.24, 2.45) is 11.8 Å². The molecule has 2 aliphatic rings. The lowest BCUT2D eigenvalue weighted by atomic mass is 9.94. The topological polar surface area (TPSA) is 125 Å². The molecular formula is C20H31F2N3O6. The lowest BCUT2D eigenvalue weighted by Crippen LogP contribution is -2.56. The Morgan fingerprint density at radius 3 is 2.42 bits per heavy atom. The number of carboxylic acids is 1. The number of ether oxygens (including phenoxy) is 1. The van der Waals surface area contributed by atoms with E-state index in [0.717, 1.165) is 5.01 Å². The molecule has 1 aliphatic carbocycles. The Kier molecular flexibility index (Phi) is 8.58. The molecule has 176 valence electrons. The summed E-state index contributed by atoms with van der Waals surface area (Å²) in [6, 6.07) is -1.46. The smallest absolute Gasteiger partial charge is 0.426 e. The Bertz CT molecular complexity index is 678. The van der Waals surface area contributed by atoms with Gasteiger partial charge in [0.05, 0.1) is 0 Å². The lowest BCUT2D eigenvalue weighted by molar-refractivity contribution is -0.154. The third-order valence-corrected chi connectivity index (χ3v) is 5.62. The van der Waals surface area contributed by atoms with Crippen LogP contribution < -0.4 is 10.7 Å². The van der Waals surface area contributed by atoms with Gasteiger partial charge in [0.15, 0.2) is 6.04 Å². The number of hydrogen-bond acceptors (Lipinski definition) is 5. The van der Waals surface area contributed by atoms with Crippen LogP contribution in [0.5, 0.6) is 0 Å². The summed E-state index contributed by atoms with van der Waals surface area (Å²) in [4.78, 5) is 48.9. The lowest BCUT2D eigenvalue weighted by Gasteiger charge is -2.32. The summed E-state index contributed by atoms with van der Waals surface area (Å²) in [7, 11) is 0. The molecule has 0 aromatic rings. The van der Waals surface area contributed by atoms with Crippen LogP contribution in [0.15, 0.2) is 0 Å². The highest BCUT2D eigenvalue weighted by molar-refractivity contribution is 5.87. The second kappa shape index (κ2) is 10.7. The van der Waals surface area contributed by atoms with Crippen LogP contribution in [0, 0.1) is 11.8 Å². The summed E-state index contributed by atoms with van der Waals surface area (Å²) in [5.74, 6) is -5.50. The minimum atomic E-state index is -2.79. The van der Waals surface area contributed by atoms with Gasteiger partial charge in [0.25, 0.3) is 0 Å². The van der Waals surface area contributed by atoms with E-state index in [-0.39, 0.29) is 37.5 Å². The molecular weight excluding hydrogens is 416 g/mol. The molecule has 0 aromatic heterocycles. The van der Waals surface area contributed by atoms with Gasteiger partial charge in [0.1, 0.15) is 6.10 Å². The molecule has 31 heavy (non-hydrogen) atoms. The molecule has 3 N–H and O–H groups in total. The molecule has 0 spiro atoms. The molecule has 0 bridgehead atoms. The van der Waals surface area contributed by atoms with Gasteiger partial charge in [-0.1, -0.05) is 13.8 Å². The molecule has 3 amide bonds. The van der Waals surface area contributed by atoms with Crippen LogP contribution in [0.2, 0.25) is 0 Å². The number of amides is 3. The van der Waals surface area contributed by atoms with E-state index in [2.05, 4.69) is 10.7 Å². The molecule has 0 radical (unpaired) electrons. The van der Waals surface area contributed by atoms with Crippen molar-refractivity contribution < 1.29 is 37.8 Å². The van der Waals surface area contributed by atoms with E-state index in [1.165, 1.54) is 0 Å². The van der Waals surface area contributed by atoms with E-state index >= 15 is 0 Å². The second-order valence-corrected chi connectivity index (χ2v) is 8.64. The number of hydrogen-bond donors (Lipinski definition) is 3. The Hall–Kier alpha value is -2.46. The zero-order valence-electron chi connectivity index (χ0n) is 17.9. The maximum absolute atomic E-state index is 13.3. The fraction of sp³-hybridized carbons (Fsp3) is 0.800. The predicted octanol–water partition coefficient (Wildman–Crippen LogP) is 2.45. The molecule has 1 saturated heterocycles. The zero-order chi connectivity index (χ0) is 23.2. The number of hydrazine groups is 1. The van der Waals surface area contributed by atoms with E-state index in [1.54, 1.807) is 0 Å². The number of alkyl halides is 2. The highest BCUT2D eigenvalue weighted by Crippen LogP contribution is 2.34. The van der Waals surface area contributed by atoms with Crippen LogP contribution in [0.4, 0.5) is 13.6 Å². The van der Waals surface area contributed by atoms with E-state index in [0.29, 0.717) is 19.4 Å². The molecule has 0 aromatic carbocycles. The van der Waals surface area contributed by atoms with Gasteiger partial charge in [-0.15, -0.1) is 0 Å². The molecule has 11 heteroatoms. The van der Waals surface area contributed by atoms with Gasteiger partial charge in [0, 0.05) is 31.7 Å². The van der Waals surface area contributed by atoms with Crippen LogP contribution in [0.25, 0.3) is 0 Å². The van der Waals surface area contributed by atoms with Crippen molar-refractivity contribution in [3.05, 3.63) is 0 Å². The SMILES string of the molecule is CC(C)CCC(=O)N(NC(=O)OC1CCC(F)(F)CC1)C(CC1CCNC1=O)C(=O)O. The van der Waals surface area contributed by atoms with Crippen molar-refractivity contribution in [2.75, 3.05) is 6.54 Å². The first kappa shape index (κ1) is 24.8. The van der Waals surface area contributed by atoms with Crippen molar-refractivity contribution >= 4 is 23.9 Å². The first-order valence-electron chi connectivity index (χ1n) is 10.7.